The lowest BCUT2D eigenvalue weighted by atomic mass is 9.98. The van der Waals surface area contributed by atoms with Gasteiger partial charge in [-0.3, -0.25) is 0 Å². The lowest BCUT2D eigenvalue weighted by Crippen LogP contribution is -2.01. The van der Waals surface area contributed by atoms with Crippen molar-refractivity contribution in [3.8, 4) is 22.5 Å². The first-order valence-corrected chi connectivity index (χ1v) is 7.81. The molecular weight excluding hydrogens is 302 g/mol. The fourth-order valence-electron chi connectivity index (χ4n) is 2.45. The summed E-state index contributed by atoms with van der Waals surface area (Å²) in [6.45, 7) is 6.05. The lowest BCUT2D eigenvalue weighted by molar-refractivity contribution is 0.0697. The maximum atomic E-state index is 11.5. The number of benzene rings is 2. The van der Waals surface area contributed by atoms with Gasteiger partial charge in [0.1, 0.15) is 6.33 Å². The molecule has 5 nitrogen and oxygen atoms in total. The van der Waals surface area contributed by atoms with E-state index in [-0.39, 0.29) is 11.6 Å². The molecule has 0 fully saturated rings. The zero-order valence-electron chi connectivity index (χ0n) is 13.9. The van der Waals surface area contributed by atoms with Gasteiger partial charge in [-0.2, -0.15) is 5.10 Å². The third kappa shape index (κ3) is 3.20. The molecular formula is C19H19N3O2. The van der Waals surface area contributed by atoms with Crippen LogP contribution in [0.4, 0.5) is 0 Å². The molecule has 0 aliphatic rings. The van der Waals surface area contributed by atoms with E-state index in [1.165, 1.54) is 0 Å². The second-order valence-corrected chi connectivity index (χ2v) is 6.11. The summed E-state index contributed by atoms with van der Waals surface area (Å²) in [7, 11) is 0. The number of hydrogen-bond acceptors (Lipinski definition) is 3. The van der Waals surface area contributed by atoms with E-state index < -0.39 is 5.97 Å². The molecule has 0 aliphatic heterocycles. The van der Waals surface area contributed by atoms with Crippen LogP contribution in [-0.2, 0) is 0 Å². The quantitative estimate of drug-likeness (QED) is 0.782. The van der Waals surface area contributed by atoms with E-state index in [0.29, 0.717) is 11.4 Å². The molecule has 122 valence electrons. The number of aromatic carboxylic acids is 1. The molecule has 1 heterocycles. The van der Waals surface area contributed by atoms with E-state index in [0.717, 1.165) is 16.7 Å². The molecule has 0 unspecified atom stereocenters. The standard InChI is InChI=1S/C19H19N3O2/c1-12(2)22-11-20-18(21-22)16-8-15(9-17(10-16)19(23)24)14-6-4-13(3)5-7-14/h4-12H,1-3H3,(H,23,24). The molecule has 0 saturated heterocycles. The summed E-state index contributed by atoms with van der Waals surface area (Å²) in [6, 6.07) is 13.4. The van der Waals surface area contributed by atoms with E-state index in [9.17, 15) is 9.90 Å². The molecule has 0 bridgehead atoms. The van der Waals surface area contributed by atoms with Crippen LogP contribution >= 0.6 is 0 Å². The van der Waals surface area contributed by atoms with Crippen LogP contribution in [0, 0.1) is 6.92 Å². The van der Waals surface area contributed by atoms with Gasteiger partial charge in [0.05, 0.1) is 5.56 Å². The molecule has 1 aromatic heterocycles. The molecule has 24 heavy (non-hydrogen) atoms. The van der Waals surface area contributed by atoms with Gasteiger partial charge in [-0.15, -0.1) is 0 Å². The summed E-state index contributed by atoms with van der Waals surface area (Å²) >= 11 is 0. The predicted octanol–water partition coefficient (Wildman–Crippen LogP) is 4.20. The Morgan fingerprint density at radius 1 is 1.04 bits per heavy atom. The highest BCUT2D eigenvalue weighted by atomic mass is 16.4. The zero-order valence-corrected chi connectivity index (χ0v) is 13.9. The first kappa shape index (κ1) is 15.9. The van der Waals surface area contributed by atoms with Crippen LogP contribution in [0.3, 0.4) is 0 Å². The van der Waals surface area contributed by atoms with Crippen LogP contribution in [0.25, 0.3) is 22.5 Å². The average Bonchev–Trinajstić information content (AvgIpc) is 3.05. The van der Waals surface area contributed by atoms with Gasteiger partial charge in [0, 0.05) is 11.6 Å². The molecule has 0 saturated carbocycles. The zero-order chi connectivity index (χ0) is 17.3. The molecule has 0 spiro atoms. The highest BCUT2D eigenvalue weighted by Crippen LogP contribution is 2.27. The molecule has 0 radical (unpaired) electrons. The van der Waals surface area contributed by atoms with Crippen molar-refractivity contribution in [1.29, 1.82) is 0 Å². The largest absolute Gasteiger partial charge is 0.478 e. The molecule has 3 aromatic rings. The van der Waals surface area contributed by atoms with Crippen molar-refractivity contribution < 1.29 is 9.90 Å². The predicted molar refractivity (Wildman–Crippen MR) is 93.0 cm³/mol. The Balaban J connectivity index is 2.11. The van der Waals surface area contributed by atoms with Crippen LogP contribution in [0.5, 0.6) is 0 Å². The minimum Gasteiger partial charge on any atom is -0.478 e. The lowest BCUT2D eigenvalue weighted by Gasteiger charge is -2.07. The van der Waals surface area contributed by atoms with E-state index in [1.807, 2.05) is 51.1 Å². The molecule has 2 aromatic carbocycles. The Bertz CT molecular complexity index is 880. The summed E-state index contributed by atoms with van der Waals surface area (Å²) in [4.78, 5) is 15.8. The molecule has 5 heteroatoms. The van der Waals surface area contributed by atoms with E-state index in [4.69, 9.17) is 0 Å². The second kappa shape index (κ2) is 6.28. The number of carboxylic acids is 1. The number of carbonyl (C=O) groups is 1. The van der Waals surface area contributed by atoms with Crippen LogP contribution in [0.1, 0.15) is 35.8 Å². The smallest absolute Gasteiger partial charge is 0.335 e. The van der Waals surface area contributed by atoms with E-state index >= 15 is 0 Å². The first-order valence-electron chi connectivity index (χ1n) is 7.81. The highest BCUT2D eigenvalue weighted by Gasteiger charge is 2.13. The fourth-order valence-corrected chi connectivity index (χ4v) is 2.45. The third-order valence-electron chi connectivity index (χ3n) is 3.86. The summed E-state index contributed by atoms with van der Waals surface area (Å²) in [5, 5.41) is 13.9. The minimum absolute atomic E-state index is 0.200. The Labute approximate surface area is 140 Å². The summed E-state index contributed by atoms with van der Waals surface area (Å²) in [5.41, 5.74) is 3.89. The molecule has 0 amide bonds. The van der Waals surface area contributed by atoms with Crippen LogP contribution < -0.4 is 0 Å². The van der Waals surface area contributed by atoms with Crippen molar-refractivity contribution in [2.75, 3.05) is 0 Å². The second-order valence-electron chi connectivity index (χ2n) is 6.11. The number of hydrogen-bond donors (Lipinski definition) is 1. The van der Waals surface area contributed by atoms with Crippen molar-refractivity contribution in [3.05, 3.63) is 59.9 Å². The maximum Gasteiger partial charge on any atom is 0.335 e. The SMILES string of the molecule is Cc1ccc(-c2cc(C(=O)O)cc(-c3ncn(C(C)C)n3)c2)cc1. The third-order valence-corrected chi connectivity index (χ3v) is 3.86. The van der Waals surface area contributed by atoms with Gasteiger partial charge in [-0.25, -0.2) is 14.5 Å². The Kier molecular flexibility index (Phi) is 4.16. The fraction of sp³-hybridized carbons (Fsp3) is 0.211. The maximum absolute atomic E-state index is 11.5. The van der Waals surface area contributed by atoms with Crippen molar-refractivity contribution >= 4 is 5.97 Å². The average molecular weight is 321 g/mol. The Hall–Kier alpha value is -2.95. The van der Waals surface area contributed by atoms with Crippen LogP contribution in [0.2, 0.25) is 0 Å². The van der Waals surface area contributed by atoms with Crippen molar-refractivity contribution in [2.24, 2.45) is 0 Å². The van der Waals surface area contributed by atoms with Gasteiger partial charge in [0.2, 0.25) is 0 Å². The summed E-state index contributed by atoms with van der Waals surface area (Å²) in [6.07, 6.45) is 1.67. The van der Waals surface area contributed by atoms with Crippen LogP contribution in [-0.4, -0.2) is 25.8 Å². The van der Waals surface area contributed by atoms with Crippen molar-refractivity contribution in [2.45, 2.75) is 26.8 Å². The van der Waals surface area contributed by atoms with Gasteiger partial charge in [-0.05, 0) is 50.1 Å². The van der Waals surface area contributed by atoms with Crippen molar-refractivity contribution in [1.82, 2.24) is 14.8 Å². The number of aromatic nitrogens is 3. The number of rotatable bonds is 4. The normalized spacial score (nSPS) is 11.0. The van der Waals surface area contributed by atoms with Crippen LogP contribution in [0.15, 0.2) is 48.8 Å². The van der Waals surface area contributed by atoms with E-state index in [1.54, 1.807) is 23.1 Å². The monoisotopic (exact) mass is 321 g/mol. The van der Waals surface area contributed by atoms with Gasteiger partial charge < -0.3 is 5.11 Å². The van der Waals surface area contributed by atoms with Gasteiger partial charge in [-0.1, -0.05) is 29.8 Å². The van der Waals surface area contributed by atoms with Crippen molar-refractivity contribution in [3.63, 3.8) is 0 Å². The van der Waals surface area contributed by atoms with E-state index in [2.05, 4.69) is 10.1 Å². The molecule has 3 rings (SSSR count). The Morgan fingerprint density at radius 3 is 2.29 bits per heavy atom. The summed E-state index contributed by atoms with van der Waals surface area (Å²) < 4.78 is 1.76. The first-order chi connectivity index (χ1) is 11.4. The van der Waals surface area contributed by atoms with Gasteiger partial charge >= 0.3 is 5.97 Å². The van der Waals surface area contributed by atoms with Gasteiger partial charge in [0.15, 0.2) is 5.82 Å². The highest BCUT2D eigenvalue weighted by molar-refractivity contribution is 5.91. The minimum atomic E-state index is -0.964. The number of carboxylic acid groups (broad SMARTS) is 1. The topological polar surface area (TPSA) is 68.0 Å². The Morgan fingerprint density at radius 2 is 1.71 bits per heavy atom. The van der Waals surface area contributed by atoms with Gasteiger partial charge in [0.25, 0.3) is 0 Å². The molecule has 1 N–H and O–H groups in total. The molecule has 0 atom stereocenters. The number of aryl methyl sites for hydroxylation is 1. The molecule has 0 aliphatic carbocycles. The summed E-state index contributed by atoms with van der Waals surface area (Å²) in [5.74, 6) is -0.436. The number of nitrogens with zero attached hydrogens (tertiary/aromatic N) is 3.